The predicted molar refractivity (Wildman–Crippen MR) is 93.9 cm³/mol. The van der Waals surface area contributed by atoms with Gasteiger partial charge in [-0.2, -0.15) is 0 Å². The summed E-state index contributed by atoms with van der Waals surface area (Å²) in [7, 11) is 0. The summed E-state index contributed by atoms with van der Waals surface area (Å²) in [5.41, 5.74) is 1.50. The summed E-state index contributed by atoms with van der Waals surface area (Å²) < 4.78 is 13.9. The van der Waals surface area contributed by atoms with E-state index >= 15 is 0 Å². The van der Waals surface area contributed by atoms with Gasteiger partial charge in [0.25, 0.3) is 0 Å². The van der Waals surface area contributed by atoms with Crippen molar-refractivity contribution in [1.29, 1.82) is 0 Å². The highest BCUT2D eigenvalue weighted by atomic mass is 32.1. The summed E-state index contributed by atoms with van der Waals surface area (Å²) in [6.07, 6.45) is 3.48. The van der Waals surface area contributed by atoms with Gasteiger partial charge in [0.15, 0.2) is 0 Å². The Kier molecular flexibility index (Phi) is 5.14. The molecule has 2 N–H and O–H groups in total. The first-order valence-corrected chi connectivity index (χ1v) is 9.21. The van der Waals surface area contributed by atoms with Crippen LogP contribution < -0.4 is 10.6 Å². The van der Waals surface area contributed by atoms with E-state index in [4.69, 9.17) is 0 Å². The van der Waals surface area contributed by atoms with E-state index in [-0.39, 0.29) is 17.3 Å². The average molecular weight is 347 g/mol. The molecule has 0 saturated heterocycles. The topological polar surface area (TPSA) is 54.0 Å². The molecule has 128 valence electrons. The van der Waals surface area contributed by atoms with Crippen LogP contribution in [0.15, 0.2) is 29.6 Å². The second-order valence-corrected chi connectivity index (χ2v) is 7.15. The Hall–Kier alpha value is -1.95. The Labute approximate surface area is 145 Å². The molecule has 3 rings (SSSR count). The van der Waals surface area contributed by atoms with Crippen LogP contribution in [0.25, 0.3) is 0 Å². The second-order valence-electron chi connectivity index (χ2n) is 6.21. The number of halogens is 1. The molecule has 1 aromatic carbocycles. The Bertz CT molecular complexity index is 712. The zero-order chi connectivity index (χ0) is 17.0. The highest BCUT2D eigenvalue weighted by Gasteiger charge is 2.45. The molecular formula is C18H22FN3OS. The molecule has 1 heterocycles. The van der Waals surface area contributed by atoms with Gasteiger partial charge in [-0.05, 0) is 30.9 Å². The average Bonchev–Trinajstić information content (AvgIpc) is 3.24. The molecule has 0 atom stereocenters. The predicted octanol–water partition coefficient (Wildman–Crippen LogP) is 3.42. The van der Waals surface area contributed by atoms with E-state index in [1.54, 1.807) is 17.4 Å². The van der Waals surface area contributed by atoms with Crippen molar-refractivity contribution >= 4 is 17.4 Å². The first-order valence-electron chi connectivity index (χ1n) is 8.33. The third kappa shape index (κ3) is 3.93. The van der Waals surface area contributed by atoms with Gasteiger partial charge >= 0.3 is 6.03 Å². The number of hydrogen-bond donors (Lipinski definition) is 2. The zero-order valence-electron chi connectivity index (χ0n) is 13.8. The molecule has 1 aromatic heterocycles. The van der Waals surface area contributed by atoms with Crippen LogP contribution in [0, 0.1) is 5.82 Å². The monoisotopic (exact) mass is 347 g/mol. The van der Waals surface area contributed by atoms with Gasteiger partial charge in [0.05, 0.1) is 10.7 Å². The fraction of sp³-hybridized carbons (Fsp3) is 0.444. The van der Waals surface area contributed by atoms with Gasteiger partial charge in [0, 0.05) is 30.3 Å². The zero-order valence-corrected chi connectivity index (χ0v) is 14.6. The fourth-order valence-corrected chi connectivity index (χ4v) is 3.60. The van der Waals surface area contributed by atoms with E-state index < -0.39 is 0 Å². The molecule has 0 bridgehead atoms. The number of hydrogen-bond acceptors (Lipinski definition) is 3. The number of nitrogens with one attached hydrogen (secondary N) is 2. The van der Waals surface area contributed by atoms with Crippen LogP contribution in [0.3, 0.4) is 0 Å². The summed E-state index contributed by atoms with van der Waals surface area (Å²) in [5, 5.41) is 8.88. The highest BCUT2D eigenvalue weighted by Crippen LogP contribution is 2.48. The van der Waals surface area contributed by atoms with Crippen LogP contribution in [0.4, 0.5) is 9.18 Å². The summed E-state index contributed by atoms with van der Waals surface area (Å²) in [6, 6.07) is 6.63. The molecular weight excluding hydrogens is 325 g/mol. The maximum absolute atomic E-state index is 13.9. The lowest BCUT2D eigenvalue weighted by Crippen LogP contribution is -2.40. The van der Waals surface area contributed by atoms with Crippen molar-refractivity contribution in [3.05, 3.63) is 51.7 Å². The first kappa shape index (κ1) is 16.9. The molecule has 24 heavy (non-hydrogen) atoms. The van der Waals surface area contributed by atoms with Crippen molar-refractivity contribution < 1.29 is 9.18 Å². The number of amides is 2. The lowest BCUT2D eigenvalue weighted by molar-refractivity contribution is 0.240. The van der Waals surface area contributed by atoms with Crippen LogP contribution >= 0.6 is 11.3 Å². The SMILES string of the molecule is CCc1nc(CCNC(=O)NCC2(c3ccccc3F)CC2)cs1. The minimum absolute atomic E-state index is 0.188. The molecule has 1 fully saturated rings. The Morgan fingerprint density at radius 3 is 2.79 bits per heavy atom. The highest BCUT2D eigenvalue weighted by molar-refractivity contribution is 7.09. The summed E-state index contributed by atoms with van der Waals surface area (Å²) in [5.74, 6) is -0.188. The summed E-state index contributed by atoms with van der Waals surface area (Å²) in [6.45, 7) is 3.10. The van der Waals surface area contributed by atoms with E-state index in [2.05, 4.69) is 22.5 Å². The van der Waals surface area contributed by atoms with Crippen molar-refractivity contribution in [1.82, 2.24) is 15.6 Å². The summed E-state index contributed by atoms with van der Waals surface area (Å²) >= 11 is 1.65. The minimum Gasteiger partial charge on any atom is -0.338 e. The number of aryl methyl sites for hydroxylation is 1. The van der Waals surface area contributed by atoms with Crippen LogP contribution in [-0.4, -0.2) is 24.1 Å². The number of aromatic nitrogens is 1. The standard InChI is InChI=1S/C18H22FN3OS/c1-2-16-22-13(11-24-16)7-10-20-17(23)21-12-18(8-9-18)14-5-3-4-6-15(14)19/h3-6,11H,2,7-10,12H2,1H3,(H2,20,21,23). The molecule has 0 radical (unpaired) electrons. The molecule has 4 nitrogen and oxygen atoms in total. The number of thiazole rings is 1. The minimum atomic E-state index is -0.229. The number of nitrogens with zero attached hydrogens (tertiary/aromatic N) is 1. The van der Waals surface area contributed by atoms with E-state index in [0.717, 1.165) is 36.4 Å². The largest absolute Gasteiger partial charge is 0.338 e. The molecule has 2 amide bonds. The molecule has 0 unspecified atom stereocenters. The molecule has 1 aliphatic rings. The van der Waals surface area contributed by atoms with Crippen molar-refractivity contribution in [2.75, 3.05) is 13.1 Å². The molecule has 0 aliphatic heterocycles. The molecule has 1 aliphatic carbocycles. The van der Waals surface area contributed by atoms with Gasteiger partial charge in [-0.3, -0.25) is 0 Å². The fourth-order valence-electron chi connectivity index (χ4n) is 2.83. The van der Waals surface area contributed by atoms with Gasteiger partial charge in [-0.15, -0.1) is 11.3 Å². The number of rotatable bonds is 7. The first-order chi connectivity index (χ1) is 11.6. The quantitative estimate of drug-likeness (QED) is 0.806. The number of carbonyl (C=O) groups is 1. The van der Waals surface area contributed by atoms with Crippen molar-refractivity contribution in [2.24, 2.45) is 0 Å². The normalized spacial score (nSPS) is 15.1. The van der Waals surface area contributed by atoms with E-state index in [1.807, 2.05) is 17.5 Å². The van der Waals surface area contributed by atoms with Gasteiger partial charge < -0.3 is 10.6 Å². The number of carbonyl (C=O) groups excluding carboxylic acids is 1. The van der Waals surface area contributed by atoms with E-state index in [9.17, 15) is 9.18 Å². The van der Waals surface area contributed by atoms with E-state index in [1.165, 1.54) is 6.07 Å². The lowest BCUT2D eigenvalue weighted by Gasteiger charge is -2.17. The summed E-state index contributed by atoms with van der Waals surface area (Å²) in [4.78, 5) is 16.4. The van der Waals surface area contributed by atoms with Gasteiger partial charge in [-0.1, -0.05) is 25.1 Å². The second kappa shape index (κ2) is 7.30. The van der Waals surface area contributed by atoms with Crippen LogP contribution in [0.1, 0.15) is 36.0 Å². The Morgan fingerprint density at radius 1 is 1.33 bits per heavy atom. The lowest BCUT2D eigenvalue weighted by atomic mass is 9.95. The van der Waals surface area contributed by atoms with Crippen molar-refractivity contribution in [3.63, 3.8) is 0 Å². The molecule has 2 aromatic rings. The Balaban J connectivity index is 1.43. The van der Waals surface area contributed by atoms with Crippen molar-refractivity contribution in [2.45, 2.75) is 38.0 Å². The Morgan fingerprint density at radius 2 is 2.12 bits per heavy atom. The third-order valence-corrected chi connectivity index (χ3v) is 5.50. The van der Waals surface area contributed by atoms with Gasteiger partial charge in [0.1, 0.15) is 5.82 Å². The number of benzene rings is 1. The maximum Gasteiger partial charge on any atom is 0.314 e. The smallest absolute Gasteiger partial charge is 0.314 e. The number of urea groups is 1. The maximum atomic E-state index is 13.9. The molecule has 1 saturated carbocycles. The van der Waals surface area contributed by atoms with Gasteiger partial charge in [-0.25, -0.2) is 14.2 Å². The molecule has 6 heteroatoms. The van der Waals surface area contributed by atoms with Gasteiger partial charge in [0.2, 0.25) is 0 Å². The molecule has 0 spiro atoms. The van der Waals surface area contributed by atoms with Crippen LogP contribution in [0.2, 0.25) is 0 Å². The van der Waals surface area contributed by atoms with E-state index in [0.29, 0.717) is 18.7 Å². The van der Waals surface area contributed by atoms with Crippen LogP contribution in [0.5, 0.6) is 0 Å². The van der Waals surface area contributed by atoms with Crippen LogP contribution in [-0.2, 0) is 18.3 Å². The third-order valence-electron chi connectivity index (χ3n) is 4.45. The van der Waals surface area contributed by atoms with Crippen molar-refractivity contribution in [3.8, 4) is 0 Å².